The predicted octanol–water partition coefficient (Wildman–Crippen LogP) is 1.57. The van der Waals surface area contributed by atoms with Crippen molar-refractivity contribution in [2.45, 2.75) is 31.4 Å². The molecule has 10 nitrogen and oxygen atoms in total. The maximum Gasteiger partial charge on any atom is 0.355 e. The van der Waals surface area contributed by atoms with Crippen molar-refractivity contribution in [1.82, 2.24) is 10.2 Å². The largest absolute Gasteiger partial charge is 0.456 e. The van der Waals surface area contributed by atoms with Crippen molar-refractivity contribution in [3.8, 4) is 0 Å². The van der Waals surface area contributed by atoms with Crippen molar-refractivity contribution in [3.63, 3.8) is 0 Å². The number of ether oxygens (including phenoxy) is 1. The molecular weight excluding hydrogens is 462 g/mol. The van der Waals surface area contributed by atoms with Crippen molar-refractivity contribution in [1.29, 1.82) is 0 Å². The Morgan fingerprint density at radius 2 is 1.82 bits per heavy atom. The predicted molar refractivity (Wildman–Crippen MR) is 121 cm³/mol. The summed E-state index contributed by atoms with van der Waals surface area (Å²) >= 11 is 0. The van der Waals surface area contributed by atoms with E-state index in [2.05, 4.69) is 5.32 Å². The number of carbonyl (C=O) groups is 3. The van der Waals surface area contributed by atoms with Gasteiger partial charge in [-0.05, 0) is 35.8 Å². The number of nitrogens with one attached hydrogen (secondary N) is 1. The zero-order valence-electron chi connectivity index (χ0n) is 18.1. The lowest BCUT2D eigenvalue weighted by atomic mass is 10.0. The number of nitrogens with zero attached hydrogens (tertiary/aromatic N) is 2. The molecule has 1 N–H and O–H groups in total. The molecule has 1 fully saturated rings. The Labute approximate surface area is 197 Å². The highest BCUT2D eigenvalue weighted by molar-refractivity contribution is 7.86. The van der Waals surface area contributed by atoms with Crippen LogP contribution in [-0.2, 0) is 42.9 Å². The molecule has 3 unspecified atom stereocenters. The van der Waals surface area contributed by atoms with E-state index in [0.29, 0.717) is 11.1 Å². The Hall–Kier alpha value is -3.86. The zero-order chi connectivity index (χ0) is 24.4. The molecule has 1 saturated heterocycles. The van der Waals surface area contributed by atoms with E-state index in [1.54, 1.807) is 31.2 Å². The van der Waals surface area contributed by atoms with E-state index in [9.17, 15) is 28.7 Å². The fourth-order valence-corrected chi connectivity index (χ4v) is 5.55. The van der Waals surface area contributed by atoms with Crippen LogP contribution in [0.1, 0.15) is 18.1 Å². The van der Waals surface area contributed by atoms with Gasteiger partial charge in [0.1, 0.15) is 23.7 Å². The van der Waals surface area contributed by atoms with Crippen molar-refractivity contribution < 1.29 is 28.3 Å². The van der Waals surface area contributed by atoms with Gasteiger partial charge in [0.05, 0.1) is 22.1 Å². The van der Waals surface area contributed by atoms with Crippen LogP contribution in [0.25, 0.3) is 0 Å². The number of fused-ring (bicyclic) bond motifs is 1. The van der Waals surface area contributed by atoms with Gasteiger partial charge in [-0.25, -0.2) is 4.79 Å². The second-order valence-electron chi connectivity index (χ2n) is 7.96. The summed E-state index contributed by atoms with van der Waals surface area (Å²) in [6.07, 6.45) is 0.0724. The topological polar surface area (TPSA) is 136 Å². The first-order valence-electron chi connectivity index (χ1n) is 10.4. The van der Waals surface area contributed by atoms with Gasteiger partial charge in [-0.3, -0.25) is 28.8 Å². The molecular formula is C23H21N3O7S. The lowest BCUT2D eigenvalue weighted by Gasteiger charge is -2.49. The average molecular weight is 484 g/mol. The SMILES string of the molecule is CC1=C(C(=O)OCc2ccc([N+](=O)[O-])cc2)N2C(=O)C(NC(=O)Cc3ccccc3)C2S(=O)C1. The van der Waals surface area contributed by atoms with Crippen LogP contribution in [0.2, 0.25) is 0 Å². The number of rotatable bonds is 7. The summed E-state index contributed by atoms with van der Waals surface area (Å²) in [6, 6.07) is 13.6. The van der Waals surface area contributed by atoms with Crippen LogP contribution < -0.4 is 5.32 Å². The van der Waals surface area contributed by atoms with Crippen molar-refractivity contribution in [2.24, 2.45) is 0 Å². The van der Waals surface area contributed by atoms with Gasteiger partial charge in [-0.2, -0.15) is 0 Å². The third-order valence-electron chi connectivity index (χ3n) is 5.55. The summed E-state index contributed by atoms with van der Waals surface area (Å²) in [6.45, 7) is 1.45. The van der Waals surface area contributed by atoms with Gasteiger partial charge < -0.3 is 10.1 Å². The Bertz CT molecular complexity index is 1210. The monoisotopic (exact) mass is 483 g/mol. The van der Waals surface area contributed by atoms with Crippen molar-refractivity contribution >= 4 is 34.3 Å². The van der Waals surface area contributed by atoms with Crippen LogP contribution >= 0.6 is 0 Å². The van der Waals surface area contributed by atoms with Crippen LogP contribution in [0.4, 0.5) is 5.69 Å². The first-order chi connectivity index (χ1) is 16.3. The number of carbonyl (C=O) groups excluding carboxylic acids is 3. The summed E-state index contributed by atoms with van der Waals surface area (Å²) < 4.78 is 18.0. The van der Waals surface area contributed by atoms with Gasteiger partial charge in [0, 0.05) is 17.9 Å². The fraction of sp³-hybridized carbons (Fsp3) is 0.261. The highest BCUT2D eigenvalue weighted by Crippen LogP contribution is 2.35. The minimum atomic E-state index is -1.50. The summed E-state index contributed by atoms with van der Waals surface area (Å²) in [5.74, 6) is -1.60. The summed E-state index contributed by atoms with van der Waals surface area (Å²) in [7, 11) is -1.50. The van der Waals surface area contributed by atoms with Crippen LogP contribution in [0.3, 0.4) is 0 Å². The highest BCUT2D eigenvalue weighted by atomic mass is 32.2. The lowest BCUT2D eigenvalue weighted by molar-refractivity contribution is -0.384. The number of nitro benzene ring substituents is 1. The summed E-state index contributed by atoms with van der Waals surface area (Å²) in [5.41, 5.74) is 1.70. The molecule has 3 atom stereocenters. The lowest BCUT2D eigenvalue weighted by Crippen LogP contribution is -2.73. The number of nitro groups is 1. The molecule has 2 amide bonds. The van der Waals surface area contributed by atoms with Gasteiger partial charge in [0.15, 0.2) is 0 Å². The average Bonchev–Trinajstić information content (AvgIpc) is 2.81. The number of esters is 1. The standard InChI is InChI=1S/C23H21N3O7S/c1-14-13-34(32)22-19(24-18(27)11-15-5-3-2-4-6-15)21(28)25(22)20(14)23(29)33-12-16-7-9-17(10-8-16)26(30)31/h2-10,19,22H,11-13H2,1H3,(H,24,27). The minimum absolute atomic E-state index is 0.0186. The molecule has 0 radical (unpaired) electrons. The van der Waals surface area contributed by atoms with Gasteiger partial charge in [0.25, 0.3) is 11.6 Å². The third-order valence-corrected chi connectivity index (χ3v) is 7.29. The number of non-ortho nitro benzene ring substituents is 1. The van der Waals surface area contributed by atoms with Crippen LogP contribution in [-0.4, -0.2) is 49.0 Å². The zero-order valence-corrected chi connectivity index (χ0v) is 18.9. The Morgan fingerprint density at radius 1 is 1.15 bits per heavy atom. The van der Waals surface area contributed by atoms with E-state index < -0.39 is 39.0 Å². The molecule has 11 heteroatoms. The van der Waals surface area contributed by atoms with E-state index in [1.807, 2.05) is 6.07 Å². The molecule has 2 aromatic rings. The molecule has 0 aliphatic carbocycles. The number of hydrogen-bond acceptors (Lipinski definition) is 7. The molecule has 0 aromatic heterocycles. The molecule has 2 aliphatic heterocycles. The van der Waals surface area contributed by atoms with E-state index in [-0.39, 0.29) is 36.1 Å². The van der Waals surface area contributed by atoms with Gasteiger partial charge in [-0.1, -0.05) is 30.3 Å². The number of β-lactam (4-membered cyclic amide) rings is 1. The first-order valence-corrected chi connectivity index (χ1v) is 11.8. The van der Waals surface area contributed by atoms with Gasteiger partial charge in [-0.15, -0.1) is 0 Å². The van der Waals surface area contributed by atoms with Gasteiger partial charge in [0.2, 0.25) is 5.91 Å². The molecule has 2 aromatic carbocycles. The molecule has 34 heavy (non-hydrogen) atoms. The Morgan fingerprint density at radius 3 is 2.47 bits per heavy atom. The molecule has 0 saturated carbocycles. The van der Waals surface area contributed by atoms with E-state index in [4.69, 9.17) is 4.74 Å². The normalized spacial score (nSPS) is 21.4. The first kappa shape index (κ1) is 23.3. The highest BCUT2D eigenvalue weighted by Gasteiger charge is 2.56. The third kappa shape index (κ3) is 4.60. The van der Waals surface area contributed by atoms with Crippen LogP contribution in [0.5, 0.6) is 0 Å². The number of hydrogen-bond donors (Lipinski definition) is 1. The summed E-state index contributed by atoms with van der Waals surface area (Å²) in [5, 5.41) is 12.6. The fourth-order valence-electron chi connectivity index (χ4n) is 3.89. The van der Waals surface area contributed by atoms with Crippen molar-refractivity contribution in [3.05, 3.63) is 87.1 Å². The number of benzene rings is 2. The maximum atomic E-state index is 12.8. The molecule has 2 heterocycles. The van der Waals surface area contributed by atoms with Crippen LogP contribution in [0.15, 0.2) is 65.9 Å². The van der Waals surface area contributed by atoms with Gasteiger partial charge >= 0.3 is 5.97 Å². The second-order valence-corrected chi connectivity index (χ2v) is 9.49. The molecule has 176 valence electrons. The Balaban J connectivity index is 1.42. The maximum absolute atomic E-state index is 12.8. The van der Waals surface area contributed by atoms with E-state index in [0.717, 1.165) is 10.5 Å². The van der Waals surface area contributed by atoms with Crippen LogP contribution in [0, 0.1) is 10.1 Å². The molecule has 0 bridgehead atoms. The molecule has 0 spiro atoms. The molecule has 4 rings (SSSR count). The second kappa shape index (κ2) is 9.56. The quantitative estimate of drug-likeness (QED) is 0.273. The molecule has 2 aliphatic rings. The number of amides is 2. The minimum Gasteiger partial charge on any atom is -0.456 e. The van der Waals surface area contributed by atoms with E-state index >= 15 is 0 Å². The summed E-state index contributed by atoms with van der Waals surface area (Å²) in [4.78, 5) is 49.4. The van der Waals surface area contributed by atoms with E-state index in [1.165, 1.54) is 24.3 Å². The van der Waals surface area contributed by atoms with Crippen molar-refractivity contribution in [2.75, 3.05) is 5.75 Å². The smallest absolute Gasteiger partial charge is 0.355 e. The Kier molecular flexibility index (Phi) is 6.55.